The van der Waals surface area contributed by atoms with Gasteiger partial charge in [0.2, 0.25) is 15.9 Å². The van der Waals surface area contributed by atoms with Gasteiger partial charge in [0.05, 0.1) is 19.7 Å². The van der Waals surface area contributed by atoms with E-state index in [-0.39, 0.29) is 17.3 Å². The zero-order valence-corrected chi connectivity index (χ0v) is 20.2. The van der Waals surface area contributed by atoms with Crippen molar-refractivity contribution in [1.82, 2.24) is 15.0 Å². The summed E-state index contributed by atoms with van der Waals surface area (Å²) < 4.78 is 40.5. The third-order valence-electron chi connectivity index (χ3n) is 6.28. The van der Waals surface area contributed by atoms with Gasteiger partial charge in [-0.05, 0) is 43.2 Å². The second-order valence-electron chi connectivity index (χ2n) is 8.44. The number of pyridine rings is 1. The largest absolute Gasteiger partial charge is 0.497 e. The van der Waals surface area contributed by atoms with E-state index in [1.807, 2.05) is 12.1 Å². The number of para-hydroxylation sites is 1. The van der Waals surface area contributed by atoms with Crippen LogP contribution in [0, 0.1) is 0 Å². The molecule has 8 nitrogen and oxygen atoms in total. The monoisotopic (exact) mass is 483 g/mol. The number of fused-ring (bicyclic) bond motifs is 1. The molecule has 0 unspecified atom stereocenters. The maximum absolute atomic E-state index is 13.5. The Balaban J connectivity index is 1.61. The molecule has 0 atom stereocenters. The van der Waals surface area contributed by atoms with Crippen molar-refractivity contribution in [2.45, 2.75) is 49.1 Å². The van der Waals surface area contributed by atoms with Crippen LogP contribution in [0.3, 0.4) is 0 Å². The second-order valence-corrected chi connectivity index (χ2v) is 10.1. The molecular weight excluding hydrogens is 454 g/mol. The summed E-state index contributed by atoms with van der Waals surface area (Å²) in [6.45, 7) is 0.179. The zero-order valence-electron chi connectivity index (χ0n) is 19.3. The minimum absolute atomic E-state index is 0.0674. The standard InChI is InChI=1S/C25H29N3O5S/c1-32-20-11-12-21(33-2)19(16-20)17-27-24(29)25(13-4-3-5-14-25)28-34(30,31)22-10-6-8-18-9-7-15-26-23(18)22/h6-12,15-16,28H,3-5,13-14,17H2,1-2H3,(H,27,29). The number of methoxy groups -OCH3 is 2. The van der Waals surface area contributed by atoms with Crippen molar-refractivity contribution in [2.75, 3.05) is 14.2 Å². The van der Waals surface area contributed by atoms with E-state index >= 15 is 0 Å². The number of carbonyl (C=O) groups is 1. The van der Waals surface area contributed by atoms with Crippen LogP contribution in [0.1, 0.15) is 37.7 Å². The van der Waals surface area contributed by atoms with Crippen LogP contribution < -0.4 is 19.5 Å². The van der Waals surface area contributed by atoms with Crippen molar-refractivity contribution in [3.8, 4) is 11.5 Å². The quantitative estimate of drug-likeness (QED) is 0.508. The maximum Gasteiger partial charge on any atom is 0.243 e. The maximum atomic E-state index is 13.5. The highest BCUT2D eigenvalue weighted by Gasteiger charge is 2.43. The summed E-state index contributed by atoms with van der Waals surface area (Å²) in [5.41, 5.74) is -0.118. The lowest BCUT2D eigenvalue weighted by Gasteiger charge is -2.36. The summed E-state index contributed by atoms with van der Waals surface area (Å²) in [5.74, 6) is 0.900. The fraction of sp³-hybridized carbons (Fsp3) is 0.360. The van der Waals surface area contributed by atoms with E-state index in [0.717, 1.165) is 30.2 Å². The van der Waals surface area contributed by atoms with Gasteiger partial charge < -0.3 is 14.8 Å². The van der Waals surface area contributed by atoms with E-state index in [1.165, 1.54) is 6.07 Å². The molecule has 9 heteroatoms. The van der Waals surface area contributed by atoms with Crippen LogP contribution >= 0.6 is 0 Å². The lowest BCUT2D eigenvalue weighted by atomic mass is 9.82. The van der Waals surface area contributed by atoms with Gasteiger partial charge in [0.15, 0.2) is 0 Å². The number of amides is 1. The van der Waals surface area contributed by atoms with Crippen molar-refractivity contribution in [3.05, 3.63) is 60.3 Å². The van der Waals surface area contributed by atoms with Gasteiger partial charge in [-0.3, -0.25) is 9.78 Å². The fourth-order valence-electron chi connectivity index (χ4n) is 4.50. The molecule has 1 saturated carbocycles. The molecule has 3 aromatic rings. The topological polar surface area (TPSA) is 107 Å². The lowest BCUT2D eigenvalue weighted by molar-refractivity contribution is -0.128. The number of nitrogens with zero attached hydrogens (tertiary/aromatic N) is 1. The van der Waals surface area contributed by atoms with E-state index in [2.05, 4.69) is 15.0 Å². The molecule has 1 fully saturated rings. The first-order chi connectivity index (χ1) is 16.4. The Kier molecular flexibility index (Phi) is 7.04. The highest BCUT2D eigenvalue weighted by molar-refractivity contribution is 7.89. The summed E-state index contributed by atoms with van der Waals surface area (Å²) >= 11 is 0. The summed E-state index contributed by atoms with van der Waals surface area (Å²) in [7, 11) is -0.889. The first-order valence-electron chi connectivity index (χ1n) is 11.3. The first kappa shape index (κ1) is 24.0. The Morgan fingerprint density at radius 1 is 1.03 bits per heavy atom. The van der Waals surface area contributed by atoms with E-state index in [1.54, 1.807) is 50.7 Å². The molecule has 0 spiro atoms. The minimum Gasteiger partial charge on any atom is -0.497 e. The van der Waals surface area contributed by atoms with Crippen LogP contribution in [0.15, 0.2) is 59.6 Å². The van der Waals surface area contributed by atoms with Crippen molar-refractivity contribution >= 4 is 26.8 Å². The summed E-state index contributed by atoms with van der Waals surface area (Å²) in [4.78, 5) is 17.8. The van der Waals surface area contributed by atoms with Gasteiger partial charge >= 0.3 is 0 Å². The summed E-state index contributed by atoms with van der Waals surface area (Å²) in [6.07, 6.45) is 4.87. The molecule has 0 aliphatic heterocycles. The predicted molar refractivity (Wildman–Crippen MR) is 129 cm³/mol. The van der Waals surface area contributed by atoms with Crippen molar-refractivity contribution < 1.29 is 22.7 Å². The molecule has 2 N–H and O–H groups in total. The average Bonchev–Trinajstić information content (AvgIpc) is 2.86. The summed E-state index contributed by atoms with van der Waals surface area (Å²) in [6, 6.07) is 13.9. The molecule has 2 aromatic carbocycles. The molecule has 34 heavy (non-hydrogen) atoms. The Hall–Kier alpha value is -3.17. The van der Waals surface area contributed by atoms with Crippen LogP contribution in [0.25, 0.3) is 10.9 Å². The molecule has 180 valence electrons. The van der Waals surface area contributed by atoms with Crippen LogP contribution in [-0.2, 0) is 21.4 Å². The Morgan fingerprint density at radius 3 is 2.53 bits per heavy atom. The number of sulfonamides is 1. The van der Waals surface area contributed by atoms with Crippen LogP contribution in [0.5, 0.6) is 11.5 Å². The highest BCUT2D eigenvalue weighted by Crippen LogP contribution is 2.32. The SMILES string of the molecule is COc1ccc(OC)c(CNC(=O)C2(NS(=O)(=O)c3cccc4cccnc34)CCCCC2)c1. The van der Waals surface area contributed by atoms with Gasteiger partial charge in [-0.2, -0.15) is 4.72 Å². The lowest BCUT2D eigenvalue weighted by Crippen LogP contribution is -2.59. The first-order valence-corrected chi connectivity index (χ1v) is 12.7. The van der Waals surface area contributed by atoms with Gasteiger partial charge in [0.25, 0.3) is 0 Å². The van der Waals surface area contributed by atoms with Gasteiger partial charge in [0.1, 0.15) is 21.9 Å². The molecule has 1 aliphatic carbocycles. The molecule has 1 aromatic heterocycles. The number of nitrogens with one attached hydrogen (secondary N) is 2. The molecule has 4 rings (SSSR count). The van der Waals surface area contributed by atoms with E-state index in [0.29, 0.717) is 29.9 Å². The Bertz CT molecular complexity index is 1280. The second kappa shape index (κ2) is 9.99. The molecule has 0 bridgehead atoms. The Labute approximate surface area is 199 Å². The number of rotatable bonds is 8. The van der Waals surface area contributed by atoms with Crippen molar-refractivity contribution in [2.24, 2.45) is 0 Å². The number of hydrogen-bond acceptors (Lipinski definition) is 6. The summed E-state index contributed by atoms with van der Waals surface area (Å²) in [5, 5.41) is 3.65. The van der Waals surface area contributed by atoms with Crippen LogP contribution in [0.4, 0.5) is 0 Å². The number of benzene rings is 2. The average molecular weight is 484 g/mol. The van der Waals surface area contributed by atoms with Gasteiger partial charge in [-0.15, -0.1) is 0 Å². The normalized spacial score (nSPS) is 15.6. The number of aromatic nitrogens is 1. The minimum atomic E-state index is -4.01. The van der Waals surface area contributed by atoms with Crippen molar-refractivity contribution in [3.63, 3.8) is 0 Å². The third kappa shape index (κ3) is 4.85. The number of ether oxygens (including phenoxy) is 2. The highest BCUT2D eigenvalue weighted by atomic mass is 32.2. The predicted octanol–water partition coefficient (Wildman–Crippen LogP) is 3.55. The Morgan fingerprint density at radius 2 is 1.79 bits per heavy atom. The van der Waals surface area contributed by atoms with Crippen LogP contribution in [0.2, 0.25) is 0 Å². The molecule has 1 heterocycles. The third-order valence-corrected chi connectivity index (χ3v) is 7.85. The number of carbonyl (C=O) groups excluding carboxylic acids is 1. The van der Waals surface area contributed by atoms with Gasteiger partial charge in [-0.25, -0.2) is 8.42 Å². The fourth-order valence-corrected chi connectivity index (χ4v) is 6.10. The van der Waals surface area contributed by atoms with E-state index in [9.17, 15) is 13.2 Å². The van der Waals surface area contributed by atoms with E-state index < -0.39 is 15.6 Å². The number of hydrogen-bond donors (Lipinski definition) is 2. The molecular formula is C25H29N3O5S. The van der Waals surface area contributed by atoms with Crippen molar-refractivity contribution in [1.29, 1.82) is 0 Å². The smallest absolute Gasteiger partial charge is 0.243 e. The molecule has 0 saturated heterocycles. The molecule has 1 amide bonds. The molecule has 0 radical (unpaired) electrons. The molecule has 1 aliphatic rings. The van der Waals surface area contributed by atoms with Crippen LogP contribution in [-0.4, -0.2) is 39.1 Å². The van der Waals surface area contributed by atoms with Gasteiger partial charge in [-0.1, -0.05) is 37.5 Å². The zero-order chi connectivity index (χ0) is 24.2. The van der Waals surface area contributed by atoms with Gasteiger partial charge in [0, 0.05) is 23.7 Å². The van der Waals surface area contributed by atoms with E-state index in [4.69, 9.17) is 9.47 Å².